The zero-order chi connectivity index (χ0) is 20.5. The Morgan fingerprint density at radius 3 is 2.72 bits per heavy atom. The highest BCUT2D eigenvalue weighted by atomic mass is 16.2. The Morgan fingerprint density at radius 1 is 1.17 bits per heavy atom. The lowest BCUT2D eigenvalue weighted by atomic mass is 9.93. The molecule has 7 nitrogen and oxygen atoms in total. The van der Waals surface area contributed by atoms with Crippen molar-refractivity contribution in [2.24, 2.45) is 5.92 Å². The minimum absolute atomic E-state index is 0.0517. The number of nitrogens with zero attached hydrogens (tertiary/aromatic N) is 3. The lowest BCUT2D eigenvalue weighted by Crippen LogP contribution is -2.52. The van der Waals surface area contributed by atoms with Crippen LogP contribution in [0.25, 0.3) is 0 Å². The molecule has 2 aliphatic heterocycles. The van der Waals surface area contributed by atoms with Crippen LogP contribution < -0.4 is 10.6 Å². The van der Waals surface area contributed by atoms with Crippen LogP contribution in [0.1, 0.15) is 51.0 Å². The summed E-state index contributed by atoms with van der Waals surface area (Å²) in [4.78, 5) is 33.4. The molecule has 3 heterocycles. The van der Waals surface area contributed by atoms with Gasteiger partial charge in [-0.2, -0.15) is 0 Å². The Hall–Kier alpha value is -2.15. The molecule has 2 aliphatic rings. The number of hydrogen-bond acceptors (Lipinski definition) is 4. The van der Waals surface area contributed by atoms with Crippen molar-refractivity contribution in [1.29, 1.82) is 0 Å². The third-order valence-electron chi connectivity index (χ3n) is 6.09. The Balaban J connectivity index is 1.41. The van der Waals surface area contributed by atoms with Crippen LogP contribution in [0, 0.1) is 5.92 Å². The number of carbonyl (C=O) groups excluding carboxylic acids is 2. The number of likely N-dealkylation sites (tertiary alicyclic amines) is 2. The average molecular weight is 402 g/mol. The molecule has 1 atom stereocenters. The molecule has 160 valence electrons. The van der Waals surface area contributed by atoms with Gasteiger partial charge >= 0.3 is 6.03 Å². The maximum atomic E-state index is 12.6. The third kappa shape index (κ3) is 6.42. The van der Waals surface area contributed by atoms with E-state index in [1.807, 2.05) is 17.0 Å². The van der Waals surface area contributed by atoms with Crippen LogP contribution in [0.15, 0.2) is 24.5 Å². The number of rotatable bonds is 7. The summed E-state index contributed by atoms with van der Waals surface area (Å²) in [5, 5.41) is 6.08. The van der Waals surface area contributed by atoms with Gasteiger partial charge in [-0.1, -0.05) is 19.4 Å². The monoisotopic (exact) mass is 401 g/mol. The number of nitrogens with one attached hydrogen (secondary N) is 2. The van der Waals surface area contributed by atoms with E-state index in [-0.39, 0.29) is 17.9 Å². The highest BCUT2D eigenvalue weighted by Crippen LogP contribution is 2.24. The van der Waals surface area contributed by atoms with E-state index in [0.29, 0.717) is 12.6 Å². The third-order valence-corrected chi connectivity index (χ3v) is 6.09. The maximum absolute atomic E-state index is 12.6. The van der Waals surface area contributed by atoms with E-state index >= 15 is 0 Å². The largest absolute Gasteiger partial charge is 0.352 e. The molecule has 0 spiro atoms. The van der Waals surface area contributed by atoms with Crippen molar-refractivity contribution in [2.45, 2.75) is 58.0 Å². The van der Waals surface area contributed by atoms with Crippen molar-refractivity contribution in [3.63, 3.8) is 0 Å². The molecule has 0 radical (unpaired) electrons. The second-order valence-corrected chi connectivity index (χ2v) is 8.22. The quantitative estimate of drug-likeness (QED) is 0.688. The number of carbonyl (C=O) groups is 2. The van der Waals surface area contributed by atoms with Gasteiger partial charge in [0, 0.05) is 51.2 Å². The summed E-state index contributed by atoms with van der Waals surface area (Å²) in [5.41, 5.74) is 1.03. The SMILES string of the molecule is CCCCNC(=O)N1CCC(N2CCC[C@H](C(=O)NCc3cccnc3)C2)CC1. The van der Waals surface area contributed by atoms with E-state index in [1.54, 1.807) is 12.4 Å². The Morgan fingerprint density at radius 2 is 2.00 bits per heavy atom. The molecule has 3 rings (SSSR count). The lowest BCUT2D eigenvalue weighted by molar-refractivity contribution is -0.127. The number of pyridine rings is 1. The summed E-state index contributed by atoms with van der Waals surface area (Å²) < 4.78 is 0. The van der Waals surface area contributed by atoms with Crippen molar-refractivity contribution in [3.8, 4) is 0 Å². The molecule has 29 heavy (non-hydrogen) atoms. The van der Waals surface area contributed by atoms with Crippen molar-refractivity contribution in [3.05, 3.63) is 30.1 Å². The van der Waals surface area contributed by atoms with Gasteiger partial charge in [0.05, 0.1) is 5.92 Å². The van der Waals surface area contributed by atoms with E-state index in [0.717, 1.165) is 76.8 Å². The van der Waals surface area contributed by atoms with Gasteiger partial charge in [-0.3, -0.25) is 14.7 Å². The fourth-order valence-corrected chi connectivity index (χ4v) is 4.31. The van der Waals surface area contributed by atoms with Gasteiger partial charge in [-0.05, 0) is 50.3 Å². The number of aromatic nitrogens is 1. The molecule has 1 aromatic rings. The average Bonchev–Trinajstić information content (AvgIpc) is 2.78. The van der Waals surface area contributed by atoms with Crippen molar-refractivity contribution in [1.82, 2.24) is 25.4 Å². The summed E-state index contributed by atoms with van der Waals surface area (Å²) in [7, 11) is 0. The summed E-state index contributed by atoms with van der Waals surface area (Å²) in [5.74, 6) is 0.196. The van der Waals surface area contributed by atoms with E-state index in [2.05, 4.69) is 27.4 Å². The number of amides is 3. The first-order valence-corrected chi connectivity index (χ1v) is 11.1. The molecule has 1 aromatic heterocycles. The molecule has 0 saturated carbocycles. The molecular weight excluding hydrogens is 366 g/mol. The Labute approximate surface area is 174 Å². The van der Waals surface area contributed by atoms with Crippen LogP contribution in [-0.2, 0) is 11.3 Å². The van der Waals surface area contributed by atoms with Crippen LogP contribution >= 0.6 is 0 Å². The summed E-state index contributed by atoms with van der Waals surface area (Å²) >= 11 is 0. The van der Waals surface area contributed by atoms with Gasteiger partial charge in [-0.25, -0.2) is 4.79 Å². The van der Waals surface area contributed by atoms with Gasteiger partial charge in [0.1, 0.15) is 0 Å². The van der Waals surface area contributed by atoms with Crippen LogP contribution in [-0.4, -0.2) is 65.5 Å². The Bertz CT molecular complexity index is 646. The van der Waals surface area contributed by atoms with E-state index in [4.69, 9.17) is 0 Å². The second kappa shape index (κ2) is 11.1. The molecule has 0 unspecified atom stereocenters. The normalized spacial score (nSPS) is 21.0. The minimum atomic E-state index is 0.0517. The molecule has 2 N–H and O–H groups in total. The van der Waals surface area contributed by atoms with Crippen LogP contribution in [0.2, 0.25) is 0 Å². The smallest absolute Gasteiger partial charge is 0.317 e. The Kier molecular flexibility index (Phi) is 8.28. The molecule has 3 amide bonds. The van der Waals surface area contributed by atoms with E-state index < -0.39 is 0 Å². The van der Waals surface area contributed by atoms with Gasteiger partial charge in [0.25, 0.3) is 0 Å². The number of hydrogen-bond donors (Lipinski definition) is 2. The highest BCUT2D eigenvalue weighted by molar-refractivity contribution is 5.79. The fraction of sp³-hybridized carbons (Fsp3) is 0.682. The molecular formula is C22H35N5O2. The molecule has 7 heteroatoms. The minimum Gasteiger partial charge on any atom is -0.352 e. The van der Waals surface area contributed by atoms with Crippen LogP contribution in [0.3, 0.4) is 0 Å². The molecule has 0 aliphatic carbocycles. The summed E-state index contributed by atoms with van der Waals surface area (Å²) in [6, 6.07) is 4.42. The maximum Gasteiger partial charge on any atom is 0.317 e. The number of urea groups is 1. The van der Waals surface area contributed by atoms with Gasteiger partial charge in [0.2, 0.25) is 5.91 Å². The first kappa shape index (κ1) is 21.6. The predicted octanol–water partition coefficient (Wildman–Crippen LogP) is 2.38. The second-order valence-electron chi connectivity index (χ2n) is 8.22. The van der Waals surface area contributed by atoms with Crippen LogP contribution in [0.5, 0.6) is 0 Å². The molecule has 0 bridgehead atoms. The van der Waals surface area contributed by atoms with Gasteiger partial charge in [0.15, 0.2) is 0 Å². The van der Waals surface area contributed by atoms with E-state index in [9.17, 15) is 9.59 Å². The summed E-state index contributed by atoms with van der Waals surface area (Å²) in [6.45, 7) is 6.91. The first-order chi connectivity index (χ1) is 14.2. The van der Waals surface area contributed by atoms with Gasteiger partial charge in [-0.15, -0.1) is 0 Å². The van der Waals surface area contributed by atoms with E-state index in [1.165, 1.54) is 0 Å². The molecule has 2 saturated heterocycles. The van der Waals surface area contributed by atoms with Crippen molar-refractivity contribution < 1.29 is 9.59 Å². The zero-order valence-corrected chi connectivity index (χ0v) is 17.6. The number of unbranched alkanes of at least 4 members (excludes halogenated alkanes) is 1. The van der Waals surface area contributed by atoms with Crippen molar-refractivity contribution >= 4 is 11.9 Å². The van der Waals surface area contributed by atoms with Crippen LogP contribution in [0.4, 0.5) is 4.79 Å². The summed E-state index contributed by atoms with van der Waals surface area (Å²) in [6.07, 6.45) is 9.64. The molecule has 2 fully saturated rings. The number of piperidine rings is 2. The standard InChI is InChI=1S/C22H35N5O2/c1-2-3-11-24-22(29)26-13-8-20(9-14-26)27-12-5-7-19(17-27)21(28)25-16-18-6-4-10-23-15-18/h4,6,10,15,19-20H,2-3,5,7-9,11-14,16-17H2,1H3,(H,24,29)(H,25,28)/t19-/m0/s1. The van der Waals surface area contributed by atoms with Gasteiger partial charge < -0.3 is 15.5 Å². The predicted molar refractivity (Wildman–Crippen MR) is 113 cm³/mol. The fourth-order valence-electron chi connectivity index (χ4n) is 4.31. The van der Waals surface area contributed by atoms with Crippen molar-refractivity contribution in [2.75, 3.05) is 32.7 Å². The molecule has 0 aromatic carbocycles. The zero-order valence-electron chi connectivity index (χ0n) is 17.6. The first-order valence-electron chi connectivity index (χ1n) is 11.1. The highest BCUT2D eigenvalue weighted by Gasteiger charge is 2.32. The lowest BCUT2D eigenvalue weighted by Gasteiger charge is -2.42. The topological polar surface area (TPSA) is 77.6 Å².